The van der Waals surface area contributed by atoms with Crippen molar-refractivity contribution in [1.29, 1.82) is 0 Å². The van der Waals surface area contributed by atoms with Gasteiger partial charge in [-0.3, -0.25) is 23.8 Å². The zero-order valence-electron chi connectivity index (χ0n) is 53.2. The standard InChI is InChI=1S/C22H20Cl2N8S.C17H18IN7.C12H17N3.C5H3Cl2NS.C5H2ClIN4.C2H2.CH4.B2.ClH.Na/c23-16-14(3-7-27-19(16)24)33-15-11-28-21(32-12-29-30-20(15)32)31-8-4-22(5-9-31)10-13-2-1-6-26-17(13)18(22)25;18-12-9-21-16(25-10-22-23-15(12)25)24-6-3-17(4-7-24)8-11-2-1-5-20-13(11)14(17)19;13-11-10-9(2-1-5-15-10)8-12(11)3-6-14-7-4-12;6-4-3(9)1-2-8-5(4)7;6-5-8-1-3(7)4-10-9-2-11(4)5;1-2;;1-2;;/h1-3,6-7,11-12,18H,4-5,8-10,25H2;1-2,5,9-10,14H,3-4,6-8,19H2;1-2,5,11,14H,3-4,6-8,13H2;1-2H,(H,8,9);1-2H;1-2H;1H4;;1H;/q;;;;;;;;;+1/p-1/t18-;14-;11-;;;;;;;/m111......./s1. The first-order chi connectivity index (χ1) is 47.1. The number of nitrogens with one attached hydrogen (secondary N) is 1. The van der Waals surface area contributed by atoms with Crippen molar-refractivity contribution in [3.05, 3.63) is 184 Å². The van der Waals surface area contributed by atoms with E-state index in [2.05, 4.69) is 172 Å². The molecule has 11 aromatic rings. The van der Waals surface area contributed by atoms with Crippen molar-refractivity contribution in [2.75, 3.05) is 49.1 Å². The van der Waals surface area contributed by atoms with Crippen molar-refractivity contribution >= 4 is 184 Å². The summed E-state index contributed by atoms with van der Waals surface area (Å²) < 4.78 is 7.48. The number of pyridine rings is 5. The largest absolute Gasteiger partial charge is 1.00 e. The summed E-state index contributed by atoms with van der Waals surface area (Å²) in [4.78, 5) is 41.4. The van der Waals surface area contributed by atoms with Gasteiger partial charge in [-0.05, 0) is 185 Å². The van der Waals surface area contributed by atoms with Gasteiger partial charge in [0.05, 0.1) is 57.3 Å². The number of halogens is 8. The van der Waals surface area contributed by atoms with Crippen molar-refractivity contribution in [3.63, 3.8) is 0 Å². The summed E-state index contributed by atoms with van der Waals surface area (Å²) in [7, 11) is 8.00. The Kier molecular flexibility index (Phi) is 29.4. The van der Waals surface area contributed by atoms with Gasteiger partial charge in [-0.15, -0.1) is 55.8 Å². The molecule has 0 bridgehead atoms. The number of piperidine rings is 3. The van der Waals surface area contributed by atoms with Crippen molar-refractivity contribution in [2.45, 2.75) is 98.0 Å². The molecule has 0 amide bonds. The first kappa shape index (κ1) is 81.0. The van der Waals surface area contributed by atoms with E-state index in [1.807, 2.05) is 64.1 Å². The normalized spacial score (nSPS) is 18.1. The van der Waals surface area contributed by atoms with Crippen LogP contribution in [0, 0.1) is 36.2 Å². The minimum absolute atomic E-state index is 0. The summed E-state index contributed by atoms with van der Waals surface area (Å²) in [6.45, 7) is 5.79. The van der Waals surface area contributed by atoms with Gasteiger partial charge in [0.1, 0.15) is 29.3 Å². The van der Waals surface area contributed by atoms with E-state index in [-0.39, 0.29) is 88.7 Å². The van der Waals surface area contributed by atoms with E-state index in [0.29, 0.717) is 25.6 Å². The van der Waals surface area contributed by atoms with E-state index >= 15 is 0 Å². The average Bonchev–Trinajstić information content (AvgIpc) is 1.59. The van der Waals surface area contributed by atoms with E-state index < -0.39 is 0 Å². The molecule has 14 heterocycles. The van der Waals surface area contributed by atoms with Crippen LogP contribution in [0.5, 0.6) is 0 Å². The van der Waals surface area contributed by atoms with Crippen molar-refractivity contribution in [3.8, 4) is 12.8 Å². The number of nitrogens with two attached hydrogens (primary N) is 3. The second-order valence-corrected chi connectivity index (χ2v) is 29.3. The van der Waals surface area contributed by atoms with Crippen LogP contribution in [-0.2, 0) is 31.9 Å². The maximum atomic E-state index is 6.68. The Balaban J connectivity index is 0.000000167. The smallest absolute Gasteiger partial charge is 0.778 e. The molecule has 11 aromatic heterocycles. The number of terminal acetylenes is 1. The summed E-state index contributed by atoms with van der Waals surface area (Å²) in [6.07, 6.45) is 36.6. The fourth-order valence-electron chi connectivity index (χ4n) is 13.5. The van der Waals surface area contributed by atoms with E-state index in [4.69, 9.17) is 92.8 Å². The van der Waals surface area contributed by atoms with Crippen LogP contribution in [0.4, 0.5) is 11.9 Å². The average molecular weight is 1730 g/mol. The molecule has 3 spiro atoms. The molecule has 6 aliphatic rings. The van der Waals surface area contributed by atoms with Crippen LogP contribution in [0.2, 0.25) is 25.6 Å². The van der Waals surface area contributed by atoms with E-state index in [0.717, 1.165) is 147 Å². The minimum atomic E-state index is -0.0190. The molecule has 36 heteroatoms. The number of anilines is 2. The Bertz CT molecular complexity index is 4530. The number of aromatic nitrogens is 17. The Morgan fingerprint density at radius 2 is 0.920 bits per heavy atom. The van der Waals surface area contributed by atoms with Crippen molar-refractivity contribution < 1.29 is 29.6 Å². The van der Waals surface area contributed by atoms with Gasteiger partial charge in [0.2, 0.25) is 17.2 Å². The number of hydrogen-bond acceptors (Lipinski definition) is 22. The van der Waals surface area contributed by atoms with Gasteiger partial charge < -0.3 is 44.9 Å². The van der Waals surface area contributed by atoms with Gasteiger partial charge in [-0.2, -0.15) is 4.90 Å². The van der Waals surface area contributed by atoms with Gasteiger partial charge in [0, 0.05) is 96.1 Å². The molecule has 4 radical (unpaired) electrons. The van der Waals surface area contributed by atoms with Crippen molar-refractivity contribution in [2.24, 2.45) is 33.4 Å². The summed E-state index contributed by atoms with van der Waals surface area (Å²) in [5.74, 6) is 1.74. The predicted octanol–water partition coefficient (Wildman–Crippen LogP) is 8.42. The molecule has 3 saturated heterocycles. The SMILES string of the molecule is C.C#C.Cl.Clc1ncc(I)c2nncn12.N[C@@H]1c2ncccc2CC12CCN(c1ncc(I)c3nncn13)CC2.N[C@@H]1c2ncccc2CC12CCN(c1ncc(Sc3ccnc(Cl)c3Cl)c3nncn13)CC2.N[C@@H]1c2ncccc2CC12CCNCC2.[B][B].[Na+].[S-]c1ccnc(Cl)c1Cl. The Morgan fingerprint density at radius 3 is 1.37 bits per heavy atom. The number of rotatable bonds is 4. The zero-order valence-corrected chi connectivity index (χ0v) is 65.8. The summed E-state index contributed by atoms with van der Waals surface area (Å²) in [5.41, 5.74) is 29.7. The fraction of sp³-hybridized carbons (Fsp3) is 0.344. The monoisotopic (exact) mass is 1730 g/mol. The Hall–Kier alpha value is -4.70. The topological polar surface area (TPSA) is 290 Å². The van der Waals surface area contributed by atoms with Crippen LogP contribution in [-0.4, -0.2) is 138 Å². The summed E-state index contributed by atoms with van der Waals surface area (Å²) in [6, 6.07) is 16.2. The van der Waals surface area contributed by atoms with Crippen molar-refractivity contribution in [1.82, 2.24) is 89.0 Å². The molecule has 100 heavy (non-hydrogen) atoms. The summed E-state index contributed by atoms with van der Waals surface area (Å²) >= 11 is 39.8. The third kappa shape index (κ3) is 17.0. The number of fused-ring (bicyclic) bond motifs is 6. The zero-order chi connectivity index (χ0) is 68.6. The van der Waals surface area contributed by atoms with Gasteiger partial charge >= 0.3 is 29.6 Å². The van der Waals surface area contributed by atoms with Crippen LogP contribution in [0.3, 0.4) is 0 Å². The molecule has 3 atom stereocenters. The molecule has 3 fully saturated rings. The van der Waals surface area contributed by atoms with Gasteiger partial charge in [0.15, 0.2) is 16.9 Å². The fourth-order valence-corrected chi connectivity index (χ4v) is 16.5. The van der Waals surface area contributed by atoms with E-state index in [1.54, 1.807) is 35.5 Å². The van der Waals surface area contributed by atoms with Gasteiger partial charge in [-0.25, -0.2) is 29.3 Å². The van der Waals surface area contributed by atoms with Crippen LogP contribution in [0.25, 0.3) is 16.9 Å². The molecule has 0 aromatic carbocycles. The molecule has 3 aliphatic carbocycles. The van der Waals surface area contributed by atoms with Crippen LogP contribution in [0.15, 0.2) is 132 Å². The third-order valence-electron chi connectivity index (χ3n) is 18.6. The van der Waals surface area contributed by atoms with Crippen LogP contribution < -0.4 is 61.9 Å². The first-order valence-electron chi connectivity index (χ1n) is 30.5. The molecular formula is C64H66B2Cl6I2N23NaS2. The number of hydrogen-bond donors (Lipinski definition) is 4. The maximum absolute atomic E-state index is 6.68. The molecular weight excluding hydrogens is 1670 g/mol. The molecule has 0 unspecified atom stereocenters. The minimum Gasteiger partial charge on any atom is -0.778 e. The Morgan fingerprint density at radius 1 is 0.520 bits per heavy atom. The second-order valence-electron chi connectivity index (χ2n) is 23.6. The third-order valence-corrected chi connectivity index (χ3v) is 23.6. The quantitative estimate of drug-likeness (QED) is 0.0321. The van der Waals surface area contributed by atoms with E-state index in [9.17, 15) is 0 Å². The van der Waals surface area contributed by atoms with Crippen LogP contribution >= 0.6 is 127 Å². The van der Waals surface area contributed by atoms with Gasteiger partial charge in [0.25, 0.3) is 0 Å². The first-order valence-corrected chi connectivity index (χ1v) is 35.8. The molecule has 3 aliphatic heterocycles. The molecule has 512 valence electrons. The number of nitrogens with zero attached hydrogens (tertiary/aromatic N) is 19. The molecule has 7 N–H and O–H groups in total. The molecule has 23 nitrogen and oxygen atoms in total. The maximum Gasteiger partial charge on any atom is 1.00 e. The van der Waals surface area contributed by atoms with Gasteiger partial charge in [-0.1, -0.05) is 89.9 Å². The van der Waals surface area contributed by atoms with Crippen LogP contribution in [0.1, 0.15) is 97.8 Å². The molecule has 0 saturated carbocycles. The Labute approximate surface area is 672 Å². The second kappa shape index (κ2) is 36.3. The van der Waals surface area contributed by atoms with E-state index in [1.165, 1.54) is 53.8 Å². The summed E-state index contributed by atoms with van der Waals surface area (Å²) in [5, 5.41) is 29.4. The predicted molar refractivity (Wildman–Crippen MR) is 413 cm³/mol. The molecule has 17 rings (SSSR count).